The van der Waals surface area contributed by atoms with Crippen LogP contribution in [0.25, 0.3) is 11.2 Å². The summed E-state index contributed by atoms with van der Waals surface area (Å²) in [5.41, 5.74) is 6.29. The fourth-order valence-electron chi connectivity index (χ4n) is 2.33. The number of nitrogens with two attached hydrogens (primary N) is 1. The Hall–Kier alpha value is -1.97. The summed E-state index contributed by atoms with van der Waals surface area (Å²) in [5.74, 6) is 0.198. The molecule has 1 saturated heterocycles. The van der Waals surface area contributed by atoms with E-state index >= 15 is 0 Å². The van der Waals surface area contributed by atoms with E-state index in [1.807, 2.05) is 0 Å². The molecule has 1 aliphatic heterocycles. The van der Waals surface area contributed by atoms with E-state index in [4.69, 9.17) is 16.6 Å². The number of aliphatic hydroxyl groups excluding tert-OH is 2. The molecule has 114 valence electrons. The summed E-state index contributed by atoms with van der Waals surface area (Å²) in [6.45, 7) is 1.86. The van der Waals surface area contributed by atoms with Gasteiger partial charge in [0.25, 0.3) is 0 Å². The zero-order chi connectivity index (χ0) is 15.9. The van der Waals surface area contributed by atoms with Crippen molar-refractivity contribution in [3.05, 3.63) is 6.30 Å². The molecule has 21 heavy (non-hydrogen) atoms. The first kappa shape index (κ1) is 12.7. The van der Waals surface area contributed by atoms with Gasteiger partial charge in [-0.05, 0) is 6.92 Å². The molecule has 3 rings (SSSR count). The summed E-state index contributed by atoms with van der Waals surface area (Å²) in [7, 11) is 0. The van der Waals surface area contributed by atoms with Gasteiger partial charge in [-0.3, -0.25) is 4.57 Å². The summed E-state index contributed by atoms with van der Waals surface area (Å²) < 4.78 is 20.4. The summed E-state index contributed by atoms with van der Waals surface area (Å²) in [6, 6.07) is 0. The summed E-state index contributed by atoms with van der Waals surface area (Å²) in [5, 5.41) is 19.0. The first-order valence-electron chi connectivity index (χ1n) is 7.14. The molecule has 0 unspecified atom stereocenters. The van der Waals surface area contributed by atoms with Crippen molar-refractivity contribution < 1.29 is 21.1 Å². The van der Waals surface area contributed by atoms with E-state index in [0.717, 1.165) is 0 Å². The molecule has 2 aromatic heterocycles. The van der Waals surface area contributed by atoms with Gasteiger partial charge < -0.3 is 25.4 Å². The van der Waals surface area contributed by atoms with Crippen LogP contribution in [0.4, 0.5) is 5.95 Å². The molecule has 3 heterocycles. The maximum atomic E-state index is 9.85. The number of ether oxygens (including phenoxy) is 2. The number of hydrogen-bond acceptors (Lipinski definition) is 8. The number of rotatable bonds is 4. The number of fused-ring (bicyclic) bond motifs is 1. The molecule has 1 fully saturated rings. The van der Waals surface area contributed by atoms with Crippen LogP contribution in [0.5, 0.6) is 5.88 Å². The Morgan fingerprint density at radius 3 is 3.10 bits per heavy atom. The third-order valence-corrected chi connectivity index (χ3v) is 3.30. The summed E-state index contributed by atoms with van der Waals surface area (Å²) >= 11 is 0. The fraction of sp³-hybridized carbons (Fsp3) is 0.583. The molecule has 0 aliphatic carbocycles. The van der Waals surface area contributed by atoms with E-state index in [0.29, 0.717) is 17.8 Å². The zero-order valence-corrected chi connectivity index (χ0v) is 11.4. The average Bonchev–Trinajstić information content (AvgIpc) is 2.98. The smallest absolute Gasteiger partial charge is 0.247 e. The standard InChI is InChI=1S/C12H17N5O4/c1-2-20-11-9-10(15-12(13)16-11)17(5-14-9)8-3-6(19)7(4-18)21-8/h5-8,18-19H,2-4H2,1H3,(H2,13,15,16)/t6-,7+,8+/m0/s1/i5T. The van der Waals surface area contributed by atoms with E-state index < -0.39 is 18.4 Å². The highest BCUT2D eigenvalue weighted by molar-refractivity contribution is 5.77. The number of nitrogen functional groups attached to an aromatic ring is 1. The molecule has 9 heteroatoms. The van der Waals surface area contributed by atoms with Gasteiger partial charge in [-0.2, -0.15) is 9.97 Å². The predicted octanol–water partition coefficient (Wildman–Crippen LogP) is -0.552. The maximum Gasteiger partial charge on any atom is 0.247 e. The Bertz CT molecular complexity index is 694. The van der Waals surface area contributed by atoms with Crippen LogP contribution in [0, 0.1) is 0 Å². The minimum absolute atomic E-state index is 0.00523. The molecular formula is C12H17N5O4. The van der Waals surface area contributed by atoms with Crippen molar-refractivity contribution >= 4 is 17.1 Å². The maximum absolute atomic E-state index is 9.85. The van der Waals surface area contributed by atoms with Gasteiger partial charge in [0.15, 0.2) is 11.2 Å². The van der Waals surface area contributed by atoms with Crippen LogP contribution < -0.4 is 10.5 Å². The van der Waals surface area contributed by atoms with Crippen molar-refractivity contribution in [1.29, 1.82) is 0 Å². The lowest BCUT2D eigenvalue weighted by Crippen LogP contribution is -2.24. The minimum Gasteiger partial charge on any atom is -0.476 e. The van der Waals surface area contributed by atoms with Crippen molar-refractivity contribution in [2.24, 2.45) is 0 Å². The van der Waals surface area contributed by atoms with Crippen molar-refractivity contribution in [2.45, 2.75) is 31.8 Å². The van der Waals surface area contributed by atoms with Crippen molar-refractivity contribution in [3.8, 4) is 5.88 Å². The topological polar surface area (TPSA) is 129 Å². The second kappa shape index (κ2) is 5.43. The molecular weight excluding hydrogens is 278 g/mol. The number of aromatic nitrogens is 4. The van der Waals surface area contributed by atoms with Gasteiger partial charge in [0.2, 0.25) is 11.8 Å². The number of nitrogens with zero attached hydrogens (tertiary/aromatic N) is 4. The molecule has 4 N–H and O–H groups in total. The lowest BCUT2D eigenvalue weighted by Gasteiger charge is -2.13. The molecule has 0 aromatic carbocycles. The Morgan fingerprint density at radius 1 is 1.62 bits per heavy atom. The van der Waals surface area contributed by atoms with Crippen molar-refractivity contribution in [1.82, 2.24) is 19.5 Å². The first-order valence-corrected chi connectivity index (χ1v) is 6.64. The van der Waals surface area contributed by atoms with E-state index in [1.54, 1.807) is 6.92 Å². The first-order chi connectivity index (χ1) is 10.5. The van der Waals surface area contributed by atoms with Gasteiger partial charge in [0.1, 0.15) is 13.7 Å². The van der Waals surface area contributed by atoms with E-state index in [9.17, 15) is 10.2 Å². The van der Waals surface area contributed by atoms with Crippen LogP contribution >= 0.6 is 0 Å². The molecule has 1 aliphatic rings. The lowest BCUT2D eigenvalue weighted by atomic mass is 10.2. The van der Waals surface area contributed by atoms with Gasteiger partial charge in [0.05, 0.1) is 25.6 Å². The van der Waals surface area contributed by atoms with Crippen LogP contribution in [0.1, 0.15) is 20.9 Å². The van der Waals surface area contributed by atoms with Crippen LogP contribution in [0.2, 0.25) is 0 Å². The molecule has 3 atom stereocenters. The SMILES string of the molecule is [3H]c1nc2c(OCC)nc(N)nc2n1[C@H]1C[C@H](O)[C@@H](CO)O1. The third-order valence-electron chi connectivity index (χ3n) is 3.30. The van der Waals surface area contributed by atoms with Crippen LogP contribution in [0.15, 0.2) is 6.30 Å². The number of hydrogen-bond donors (Lipinski definition) is 3. The molecule has 0 bridgehead atoms. The Balaban J connectivity index is 2.09. The second-order valence-electron chi connectivity index (χ2n) is 4.69. The number of aliphatic hydroxyl groups is 2. The molecule has 0 radical (unpaired) electrons. The lowest BCUT2D eigenvalue weighted by molar-refractivity contribution is -0.0432. The highest BCUT2D eigenvalue weighted by Crippen LogP contribution is 2.32. The minimum atomic E-state index is -0.822. The third kappa shape index (κ3) is 2.39. The van der Waals surface area contributed by atoms with Crippen molar-refractivity contribution in [2.75, 3.05) is 18.9 Å². The quantitative estimate of drug-likeness (QED) is 0.685. The Kier molecular flexibility index (Phi) is 3.30. The van der Waals surface area contributed by atoms with Crippen LogP contribution in [-0.4, -0.2) is 55.2 Å². The van der Waals surface area contributed by atoms with Crippen LogP contribution in [-0.2, 0) is 4.74 Å². The average molecular weight is 297 g/mol. The van der Waals surface area contributed by atoms with Gasteiger partial charge >= 0.3 is 0 Å². The molecule has 0 spiro atoms. The highest BCUT2D eigenvalue weighted by Gasteiger charge is 2.35. The molecule has 9 nitrogen and oxygen atoms in total. The molecule has 0 saturated carbocycles. The fourth-order valence-corrected chi connectivity index (χ4v) is 2.33. The Morgan fingerprint density at radius 2 is 2.43 bits per heavy atom. The molecule has 2 aromatic rings. The number of imidazole rings is 1. The second-order valence-corrected chi connectivity index (χ2v) is 4.69. The van der Waals surface area contributed by atoms with Gasteiger partial charge in [0, 0.05) is 6.42 Å². The van der Waals surface area contributed by atoms with Gasteiger partial charge in [-0.25, -0.2) is 4.98 Å². The molecule has 0 amide bonds. The van der Waals surface area contributed by atoms with Gasteiger partial charge in [-0.1, -0.05) is 0 Å². The summed E-state index contributed by atoms with van der Waals surface area (Å²) in [4.78, 5) is 12.2. The normalized spacial score (nSPS) is 26.2. The van der Waals surface area contributed by atoms with E-state index in [1.165, 1.54) is 4.57 Å². The van der Waals surface area contributed by atoms with Crippen LogP contribution in [0.3, 0.4) is 0 Å². The largest absolute Gasteiger partial charge is 0.476 e. The van der Waals surface area contributed by atoms with Crippen molar-refractivity contribution in [3.63, 3.8) is 0 Å². The number of anilines is 1. The predicted molar refractivity (Wildman–Crippen MR) is 72.5 cm³/mol. The van der Waals surface area contributed by atoms with Gasteiger partial charge in [-0.15, -0.1) is 0 Å². The monoisotopic (exact) mass is 297 g/mol. The van der Waals surface area contributed by atoms with E-state index in [2.05, 4.69) is 15.0 Å². The highest BCUT2D eigenvalue weighted by atomic mass is 16.5. The summed E-state index contributed by atoms with van der Waals surface area (Å²) in [6.07, 6.45) is -2.07. The Labute approximate surface area is 121 Å². The van der Waals surface area contributed by atoms with E-state index in [-0.39, 0.29) is 31.2 Å². The zero-order valence-electron chi connectivity index (χ0n) is 12.4.